The molecule has 9 heteroatoms. The number of halogens is 1. The molecule has 0 saturated carbocycles. The molecule has 3 unspecified atom stereocenters. The number of thioether (sulfide) groups is 1. The number of nitrogens with one attached hydrogen (secondary N) is 2. The first kappa shape index (κ1) is 27.5. The van der Waals surface area contributed by atoms with Gasteiger partial charge in [0, 0.05) is 23.2 Å². The number of likely N-dealkylation sites (tertiary alicyclic amines) is 1. The van der Waals surface area contributed by atoms with Crippen molar-refractivity contribution in [2.45, 2.75) is 79.9 Å². The van der Waals surface area contributed by atoms with Crippen LogP contribution in [0.5, 0.6) is 0 Å². The number of fused-ring (bicyclic) bond motifs is 1. The van der Waals surface area contributed by atoms with E-state index in [1.54, 1.807) is 16.7 Å². The minimum absolute atomic E-state index is 0.0208. The molecular formula is C27H38BrN3O4S. The molecule has 7 nitrogen and oxygen atoms in total. The van der Waals surface area contributed by atoms with Crippen LogP contribution in [-0.2, 0) is 20.9 Å². The summed E-state index contributed by atoms with van der Waals surface area (Å²) in [6, 6.07) is 8.54. The second-order valence-corrected chi connectivity index (χ2v) is 13.1. The van der Waals surface area contributed by atoms with Gasteiger partial charge in [0.25, 0.3) is 0 Å². The van der Waals surface area contributed by atoms with Crippen LogP contribution in [0.4, 0.5) is 0 Å². The van der Waals surface area contributed by atoms with E-state index in [9.17, 15) is 19.5 Å². The van der Waals surface area contributed by atoms with Gasteiger partial charge in [-0.2, -0.15) is 0 Å². The van der Waals surface area contributed by atoms with Crippen molar-refractivity contribution in [3.8, 4) is 0 Å². The lowest BCUT2D eigenvalue weighted by Crippen LogP contribution is -2.58. The largest absolute Gasteiger partial charge is 0.394 e. The summed E-state index contributed by atoms with van der Waals surface area (Å²) in [5.74, 6) is -1.57. The molecule has 4 rings (SSSR count). The number of nitrogens with zero attached hydrogens (tertiary/aromatic N) is 1. The van der Waals surface area contributed by atoms with E-state index >= 15 is 0 Å². The van der Waals surface area contributed by atoms with Gasteiger partial charge in [-0.1, -0.05) is 79.9 Å². The third-order valence-corrected chi connectivity index (χ3v) is 11.5. The number of rotatable bonds is 11. The molecule has 0 aromatic heterocycles. The van der Waals surface area contributed by atoms with Crippen LogP contribution >= 0.6 is 27.7 Å². The molecule has 3 fully saturated rings. The maximum atomic E-state index is 14.2. The van der Waals surface area contributed by atoms with Gasteiger partial charge in [0.05, 0.1) is 29.2 Å². The molecule has 3 aliphatic rings. The van der Waals surface area contributed by atoms with Crippen molar-refractivity contribution in [3.05, 3.63) is 35.9 Å². The maximum absolute atomic E-state index is 14.2. The summed E-state index contributed by atoms with van der Waals surface area (Å²) in [5, 5.41) is 16.4. The van der Waals surface area contributed by atoms with Gasteiger partial charge in [-0.3, -0.25) is 14.4 Å². The fourth-order valence-corrected chi connectivity index (χ4v) is 9.83. The van der Waals surface area contributed by atoms with E-state index in [0.29, 0.717) is 19.5 Å². The number of alkyl halides is 1. The Labute approximate surface area is 226 Å². The number of amides is 3. The van der Waals surface area contributed by atoms with E-state index in [1.165, 1.54) is 0 Å². The normalized spacial score (nSPS) is 32.3. The highest BCUT2D eigenvalue weighted by molar-refractivity contribution is 9.09. The van der Waals surface area contributed by atoms with Crippen molar-refractivity contribution in [3.63, 3.8) is 0 Å². The highest BCUT2D eigenvalue weighted by Gasteiger charge is 2.76. The van der Waals surface area contributed by atoms with Crippen LogP contribution in [0.3, 0.4) is 0 Å². The third-order valence-electron chi connectivity index (χ3n) is 8.26. The molecule has 3 heterocycles. The Bertz CT molecular complexity index is 966. The lowest BCUT2D eigenvalue weighted by Gasteiger charge is -2.39. The van der Waals surface area contributed by atoms with Gasteiger partial charge in [0.15, 0.2) is 0 Å². The van der Waals surface area contributed by atoms with Gasteiger partial charge in [-0.25, -0.2) is 0 Å². The zero-order chi connectivity index (χ0) is 26.0. The fourth-order valence-electron chi connectivity index (χ4n) is 6.23. The number of aliphatic hydroxyl groups excluding tert-OH is 1. The molecule has 3 amide bonds. The molecule has 0 radical (unpaired) electrons. The van der Waals surface area contributed by atoms with Gasteiger partial charge < -0.3 is 20.6 Å². The van der Waals surface area contributed by atoms with Crippen LogP contribution in [0.25, 0.3) is 0 Å². The lowest BCUT2D eigenvalue weighted by molar-refractivity contribution is -0.143. The number of hydrogen-bond donors (Lipinski definition) is 3. The van der Waals surface area contributed by atoms with Crippen LogP contribution in [0, 0.1) is 17.8 Å². The molecule has 3 saturated heterocycles. The number of unbranched alkanes of at least 4 members (excludes halogenated alkanes) is 1. The minimum atomic E-state index is -0.708. The van der Waals surface area contributed by atoms with Crippen molar-refractivity contribution in [2.24, 2.45) is 17.8 Å². The van der Waals surface area contributed by atoms with Gasteiger partial charge in [0.2, 0.25) is 17.7 Å². The average Bonchev–Trinajstić information content (AvgIpc) is 3.47. The molecule has 1 spiro atoms. The predicted octanol–water partition coefficient (Wildman–Crippen LogP) is 3.09. The van der Waals surface area contributed by atoms with Crippen molar-refractivity contribution in [1.29, 1.82) is 0 Å². The highest BCUT2D eigenvalue weighted by atomic mass is 79.9. The highest BCUT2D eigenvalue weighted by Crippen LogP contribution is 2.68. The molecule has 198 valence electrons. The Morgan fingerprint density at radius 1 is 1.22 bits per heavy atom. The minimum Gasteiger partial charge on any atom is -0.394 e. The number of benzene rings is 1. The smallest absolute Gasteiger partial charge is 0.244 e. The molecule has 1 aromatic carbocycles. The van der Waals surface area contributed by atoms with Crippen LogP contribution in [0.1, 0.15) is 52.0 Å². The number of aliphatic hydroxyl groups is 1. The van der Waals surface area contributed by atoms with E-state index in [2.05, 4.69) is 33.5 Å². The van der Waals surface area contributed by atoms with Crippen molar-refractivity contribution in [2.75, 3.05) is 13.2 Å². The third kappa shape index (κ3) is 4.71. The summed E-state index contributed by atoms with van der Waals surface area (Å²) < 4.78 is -0.693. The van der Waals surface area contributed by atoms with Crippen LogP contribution < -0.4 is 10.6 Å². The Hall–Kier alpha value is -1.58. The second-order valence-electron chi connectivity index (χ2n) is 10.4. The first-order chi connectivity index (χ1) is 17.3. The van der Waals surface area contributed by atoms with E-state index in [-0.39, 0.29) is 40.3 Å². The lowest BCUT2D eigenvalue weighted by atomic mass is 9.70. The van der Waals surface area contributed by atoms with Crippen molar-refractivity contribution < 1.29 is 19.5 Å². The van der Waals surface area contributed by atoms with Gasteiger partial charge in [-0.05, 0) is 24.3 Å². The zero-order valence-corrected chi connectivity index (χ0v) is 23.7. The quantitative estimate of drug-likeness (QED) is 0.276. The molecular weight excluding hydrogens is 542 g/mol. The Kier molecular flexibility index (Phi) is 8.72. The zero-order valence-electron chi connectivity index (χ0n) is 21.3. The summed E-state index contributed by atoms with van der Waals surface area (Å²) in [4.78, 5) is 43.2. The van der Waals surface area contributed by atoms with Crippen LogP contribution in [0.15, 0.2) is 30.3 Å². The molecule has 2 bridgehead atoms. The summed E-state index contributed by atoms with van der Waals surface area (Å²) in [6.07, 6.45) is 3.23. The topological polar surface area (TPSA) is 98.7 Å². The standard InChI is InChI=1S/C27H38BrN3O4S/c1-4-6-12-29-25(34)23-27-13-18(28)22(36-27)20(24(33)30-14-17-10-8-7-9-11-17)21(27)26(35)31(23)19(15-32)16(3)5-2/h7-11,16,18-23,32H,4-6,12-15H2,1-3H3,(H,29,34)(H,30,33)/t16-,18?,19-,20+,21-,22+,23?,27?/m0/s1. The SMILES string of the molecule is CCCCNC(=O)C1N([C@@H](CO)[C@@H](C)CC)C(=O)[C@@H]2[C@@H](C(=O)NCc3ccccc3)[C@@H]3SC12CC3Br. The summed E-state index contributed by atoms with van der Waals surface area (Å²) in [7, 11) is 0. The van der Waals surface area contributed by atoms with Crippen LogP contribution in [-0.4, -0.2) is 67.8 Å². The van der Waals surface area contributed by atoms with E-state index in [1.807, 2.05) is 44.2 Å². The number of carbonyl (C=O) groups excluding carboxylic acids is 3. The molecule has 0 aliphatic carbocycles. The fraction of sp³-hybridized carbons (Fsp3) is 0.667. The molecule has 8 atom stereocenters. The maximum Gasteiger partial charge on any atom is 0.244 e. The van der Waals surface area contributed by atoms with Gasteiger partial charge in [-0.15, -0.1) is 11.8 Å². The first-order valence-corrected chi connectivity index (χ1v) is 14.9. The molecule has 3 aliphatic heterocycles. The number of hydrogen-bond acceptors (Lipinski definition) is 5. The Morgan fingerprint density at radius 3 is 2.58 bits per heavy atom. The van der Waals surface area contributed by atoms with E-state index in [0.717, 1.165) is 24.8 Å². The summed E-state index contributed by atoms with van der Waals surface area (Å²) >= 11 is 5.43. The van der Waals surface area contributed by atoms with Gasteiger partial charge in [0.1, 0.15) is 6.04 Å². The predicted molar refractivity (Wildman–Crippen MR) is 146 cm³/mol. The summed E-state index contributed by atoms with van der Waals surface area (Å²) in [6.45, 7) is 6.84. The van der Waals surface area contributed by atoms with Gasteiger partial charge >= 0.3 is 0 Å². The Morgan fingerprint density at radius 2 is 1.94 bits per heavy atom. The average molecular weight is 581 g/mol. The summed E-state index contributed by atoms with van der Waals surface area (Å²) in [5.41, 5.74) is 0.997. The number of carbonyl (C=O) groups is 3. The van der Waals surface area contributed by atoms with Crippen molar-refractivity contribution >= 4 is 45.4 Å². The van der Waals surface area contributed by atoms with E-state index in [4.69, 9.17) is 0 Å². The molecule has 1 aromatic rings. The van der Waals surface area contributed by atoms with Crippen LogP contribution in [0.2, 0.25) is 0 Å². The molecule has 36 heavy (non-hydrogen) atoms. The Balaban J connectivity index is 1.67. The second kappa shape index (κ2) is 11.4. The first-order valence-electron chi connectivity index (χ1n) is 13.1. The van der Waals surface area contributed by atoms with Crippen molar-refractivity contribution in [1.82, 2.24) is 15.5 Å². The monoisotopic (exact) mass is 579 g/mol. The van der Waals surface area contributed by atoms with E-state index < -0.39 is 28.7 Å². The molecule has 3 N–H and O–H groups in total.